The Bertz CT molecular complexity index is 966. The van der Waals surface area contributed by atoms with Crippen LogP contribution >= 0.6 is 23.2 Å². The number of nitrogens with zero attached hydrogens (tertiary/aromatic N) is 2. The van der Waals surface area contributed by atoms with Crippen molar-refractivity contribution in [3.05, 3.63) is 69.5 Å². The van der Waals surface area contributed by atoms with Crippen LogP contribution in [0.2, 0.25) is 10.0 Å². The monoisotopic (exact) mass is 464 g/mol. The van der Waals surface area contributed by atoms with Crippen LogP contribution in [-0.2, 0) is 4.74 Å². The average Bonchev–Trinajstić information content (AvgIpc) is 3.59. The number of hydrogen-bond donors (Lipinski definition) is 0. The van der Waals surface area contributed by atoms with E-state index in [1.54, 1.807) is 28.0 Å². The van der Waals surface area contributed by atoms with Gasteiger partial charge in [-0.2, -0.15) is 0 Å². The van der Waals surface area contributed by atoms with Gasteiger partial charge in [0.05, 0.1) is 22.8 Å². The molecular weight excluding hydrogens is 442 g/mol. The zero-order chi connectivity index (χ0) is 22.0. The van der Waals surface area contributed by atoms with Gasteiger partial charge >= 0.3 is 0 Å². The van der Waals surface area contributed by atoms with Gasteiger partial charge in [0.25, 0.3) is 11.8 Å². The molecule has 2 amide bonds. The van der Waals surface area contributed by atoms with Crippen LogP contribution in [0.5, 0.6) is 0 Å². The summed E-state index contributed by atoms with van der Waals surface area (Å²) in [6, 6.07) is 10.4. The van der Waals surface area contributed by atoms with E-state index >= 15 is 0 Å². The van der Waals surface area contributed by atoms with E-state index in [2.05, 4.69) is 0 Å². The number of amides is 2. The molecule has 1 saturated carbocycles. The van der Waals surface area contributed by atoms with Crippen LogP contribution < -0.4 is 0 Å². The van der Waals surface area contributed by atoms with Crippen molar-refractivity contribution in [2.45, 2.75) is 18.9 Å². The van der Waals surface area contributed by atoms with Crippen LogP contribution in [0.1, 0.15) is 33.6 Å². The van der Waals surface area contributed by atoms with Gasteiger partial charge in [0.15, 0.2) is 0 Å². The lowest BCUT2D eigenvalue weighted by Gasteiger charge is -2.36. The van der Waals surface area contributed by atoms with Crippen molar-refractivity contribution in [2.24, 2.45) is 5.92 Å². The molecule has 0 bridgehead atoms. The van der Waals surface area contributed by atoms with E-state index in [-0.39, 0.29) is 23.7 Å². The number of benzene rings is 2. The highest BCUT2D eigenvalue weighted by Gasteiger charge is 2.32. The minimum absolute atomic E-state index is 0.148. The standard InChI is InChI=1S/C23H23Cl2FN2O3/c24-20-8-5-17(11-21(20)25)23(30)27-9-10-31-19(13-27)14-28(12-15-1-2-15)22(29)16-3-6-18(26)7-4-16/h3-8,11,15,19H,1-2,9-10,12-14H2/t19-/m1/s1. The lowest BCUT2D eigenvalue weighted by atomic mass is 10.1. The van der Waals surface area contributed by atoms with Crippen LogP contribution in [0.15, 0.2) is 42.5 Å². The van der Waals surface area contributed by atoms with E-state index in [0.717, 1.165) is 12.8 Å². The van der Waals surface area contributed by atoms with Crippen molar-refractivity contribution in [3.8, 4) is 0 Å². The number of carbonyl (C=O) groups is 2. The molecule has 1 saturated heterocycles. The predicted octanol–water partition coefficient (Wildman–Crippen LogP) is 4.53. The fourth-order valence-corrected chi connectivity index (χ4v) is 4.00. The smallest absolute Gasteiger partial charge is 0.254 e. The molecule has 0 radical (unpaired) electrons. The molecule has 2 aromatic rings. The molecule has 1 aliphatic heterocycles. The van der Waals surface area contributed by atoms with Gasteiger partial charge < -0.3 is 14.5 Å². The summed E-state index contributed by atoms with van der Waals surface area (Å²) < 4.78 is 19.1. The molecule has 0 spiro atoms. The number of carbonyl (C=O) groups excluding carboxylic acids is 2. The van der Waals surface area contributed by atoms with E-state index in [0.29, 0.717) is 59.9 Å². The molecule has 1 atom stereocenters. The van der Waals surface area contributed by atoms with Gasteiger partial charge in [0.2, 0.25) is 0 Å². The predicted molar refractivity (Wildman–Crippen MR) is 117 cm³/mol. The third-order valence-corrected chi connectivity index (χ3v) is 6.31. The Morgan fingerprint density at radius 3 is 2.42 bits per heavy atom. The highest BCUT2D eigenvalue weighted by atomic mass is 35.5. The SMILES string of the molecule is O=C(c1ccc(Cl)c(Cl)c1)N1CCO[C@@H](CN(CC2CC2)C(=O)c2ccc(F)cc2)C1. The van der Waals surface area contributed by atoms with Gasteiger partial charge in [-0.1, -0.05) is 23.2 Å². The van der Waals surface area contributed by atoms with Gasteiger partial charge in [-0.15, -0.1) is 0 Å². The fraction of sp³-hybridized carbons (Fsp3) is 0.391. The molecule has 2 fully saturated rings. The summed E-state index contributed by atoms with van der Waals surface area (Å²) in [5, 5.41) is 0.728. The lowest BCUT2D eigenvalue weighted by molar-refractivity contribution is -0.0335. The molecule has 5 nitrogen and oxygen atoms in total. The maximum absolute atomic E-state index is 13.3. The van der Waals surface area contributed by atoms with E-state index < -0.39 is 0 Å². The van der Waals surface area contributed by atoms with Crippen LogP contribution in [-0.4, -0.2) is 60.5 Å². The number of hydrogen-bond acceptors (Lipinski definition) is 3. The third kappa shape index (κ3) is 5.56. The number of halogens is 3. The first-order valence-corrected chi connectivity index (χ1v) is 11.1. The summed E-state index contributed by atoms with van der Waals surface area (Å²) in [6.07, 6.45) is 1.89. The Kier molecular flexibility index (Phi) is 6.80. The topological polar surface area (TPSA) is 49.9 Å². The highest BCUT2D eigenvalue weighted by Crippen LogP contribution is 2.30. The molecule has 0 aromatic heterocycles. The van der Waals surface area contributed by atoms with Crippen LogP contribution in [0.25, 0.3) is 0 Å². The molecule has 164 valence electrons. The molecule has 1 aliphatic carbocycles. The van der Waals surface area contributed by atoms with Crippen molar-refractivity contribution in [1.29, 1.82) is 0 Å². The van der Waals surface area contributed by atoms with Gasteiger partial charge in [0.1, 0.15) is 5.82 Å². The van der Waals surface area contributed by atoms with Crippen LogP contribution in [0, 0.1) is 11.7 Å². The third-order valence-electron chi connectivity index (χ3n) is 5.57. The second kappa shape index (κ2) is 9.55. The molecule has 2 aliphatic rings. The lowest BCUT2D eigenvalue weighted by Crippen LogP contribution is -2.51. The summed E-state index contributed by atoms with van der Waals surface area (Å²) in [5.41, 5.74) is 0.911. The summed E-state index contributed by atoms with van der Waals surface area (Å²) >= 11 is 12.0. The van der Waals surface area contributed by atoms with E-state index in [1.165, 1.54) is 24.3 Å². The minimum atomic E-state index is -0.377. The van der Waals surface area contributed by atoms with Crippen molar-refractivity contribution in [3.63, 3.8) is 0 Å². The second-order valence-electron chi connectivity index (χ2n) is 8.03. The summed E-state index contributed by atoms with van der Waals surface area (Å²) in [6.45, 7) is 2.23. The van der Waals surface area contributed by atoms with Gasteiger partial charge in [0, 0.05) is 37.3 Å². The number of ether oxygens (including phenoxy) is 1. The zero-order valence-corrected chi connectivity index (χ0v) is 18.4. The molecule has 1 heterocycles. The quantitative estimate of drug-likeness (QED) is 0.630. The van der Waals surface area contributed by atoms with E-state index in [1.807, 2.05) is 0 Å². The van der Waals surface area contributed by atoms with Crippen molar-refractivity contribution < 1.29 is 18.7 Å². The van der Waals surface area contributed by atoms with Crippen LogP contribution in [0.3, 0.4) is 0 Å². The Balaban J connectivity index is 1.44. The van der Waals surface area contributed by atoms with Gasteiger partial charge in [-0.05, 0) is 61.2 Å². The molecule has 31 heavy (non-hydrogen) atoms. The zero-order valence-electron chi connectivity index (χ0n) is 16.9. The Labute approximate surface area is 190 Å². The molecule has 0 unspecified atom stereocenters. The first kappa shape index (κ1) is 22.1. The largest absolute Gasteiger partial charge is 0.373 e. The van der Waals surface area contributed by atoms with E-state index in [9.17, 15) is 14.0 Å². The highest BCUT2D eigenvalue weighted by molar-refractivity contribution is 6.42. The summed E-state index contributed by atoms with van der Waals surface area (Å²) in [5.74, 6) is -0.187. The Morgan fingerprint density at radius 2 is 1.74 bits per heavy atom. The molecule has 0 N–H and O–H groups in total. The minimum Gasteiger partial charge on any atom is -0.373 e. The van der Waals surface area contributed by atoms with Crippen LogP contribution in [0.4, 0.5) is 4.39 Å². The maximum atomic E-state index is 13.3. The van der Waals surface area contributed by atoms with Crippen molar-refractivity contribution in [2.75, 3.05) is 32.8 Å². The summed E-state index contributed by atoms with van der Waals surface area (Å²) in [4.78, 5) is 29.4. The Hall–Kier alpha value is -2.15. The van der Waals surface area contributed by atoms with Gasteiger partial charge in [-0.25, -0.2) is 4.39 Å². The fourth-order valence-electron chi connectivity index (χ4n) is 3.70. The number of morpholine rings is 1. The maximum Gasteiger partial charge on any atom is 0.254 e. The molecule has 2 aromatic carbocycles. The molecule has 4 rings (SSSR count). The number of rotatable bonds is 6. The second-order valence-corrected chi connectivity index (χ2v) is 8.85. The first-order valence-electron chi connectivity index (χ1n) is 10.3. The van der Waals surface area contributed by atoms with Gasteiger partial charge in [-0.3, -0.25) is 9.59 Å². The van der Waals surface area contributed by atoms with E-state index in [4.69, 9.17) is 27.9 Å². The first-order chi connectivity index (χ1) is 14.9. The molecular formula is C23H23Cl2FN2O3. The molecule has 8 heteroatoms. The normalized spacial score (nSPS) is 18.7. The summed E-state index contributed by atoms with van der Waals surface area (Å²) in [7, 11) is 0. The Morgan fingerprint density at radius 1 is 1.03 bits per heavy atom. The average molecular weight is 465 g/mol. The van der Waals surface area contributed by atoms with Crippen molar-refractivity contribution >= 4 is 35.0 Å². The van der Waals surface area contributed by atoms with Crippen molar-refractivity contribution in [1.82, 2.24) is 9.80 Å².